The molecule has 0 aliphatic rings. The van der Waals surface area contributed by atoms with Crippen LogP contribution in [0, 0.1) is 0 Å². The summed E-state index contributed by atoms with van der Waals surface area (Å²) >= 11 is 0. The number of nitrogens with two attached hydrogens (primary N) is 1. The average molecular weight is 261 g/mol. The van der Waals surface area contributed by atoms with E-state index in [9.17, 15) is 0 Å². The van der Waals surface area contributed by atoms with E-state index in [0.29, 0.717) is 11.7 Å². The van der Waals surface area contributed by atoms with Gasteiger partial charge in [0.15, 0.2) is 11.9 Å². The summed E-state index contributed by atoms with van der Waals surface area (Å²) in [5.74, 6) is 0.928. The highest BCUT2D eigenvalue weighted by Crippen LogP contribution is 2.26. The molecule has 2 unspecified atom stereocenters. The Morgan fingerprint density at radius 3 is 2.63 bits per heavy atom. The Hall–Kier alpha value is -1.72. The smallest absolute Gasteiger partial charge is 0.260 e. The largest absolute Gasteiger partial charge is 0.367 e. The van der Waals surface area contributed by atoms with Crippen molar-refractivity contribution >= 4 is 0 Å². The second-order valence-corrected chi connectivity index (χ2v) is 4.75. The summed E-state index contributed by atoms with van der Waals surface area (Å²) in [6.45, 7) is 3.87. The van der Waals surface area contributed by atoms with Crippen molar-refractivity contribution in [2.75, 3.05) is 7.11 Å². The number of nitrogens with zero attached hydrogens (tertiary/aromatic N) is 2. The fourth-order valence-electron chi connectivity index (χ4n) is 1.74. The molecule has 1 aromatic heterocycles. The topological polar surface area (TPSA) is 74.2 Å². The molecule has 0 spiro atoms. The van der Waals surface area contributed by atoms with Gasteiger partial charge >= 0.3 is 0 Å². The number of hydrogen-bond acceptors (Lipinski definition) is 5. The molecule has 2 aromatic rings. The molecule has 19 heavy (non-hydrogen) atoms. The SMILES string of the molecule is CCC(C)(N)c1noc(C(OC)c2ccccc2)n1. The van der Waals surface area contributed by atoms with Crippen molar-refractivity contribution < 1.29 is 9.26 Å². The van der Waals surface area contributed by atoms with Crippen LogP contribution < -0.4 is 5.73 Å². The fourth-order valence-corrected chi connectivity index (χ4v) is 1.74. The Morgan fingerprint density at radius 1 is 1.37 bits per heavy atom. The monoisotopic (exact) mass is 261 g/mol. The summed E-state index contributed by atoms with van der Waals surface area (Å²) in [6, 6.07) is 9.75. The van der Waals surface area contributed by atoms with E-state index in [-0.39, 0.29) is 6.10 Å². The molecule has 2 N–H and O–H groups in total. The lowest BCUT2D eigenvalue weighted by Crippen LogP contribution is -2.33. The lowest BCUT2D eigenvalue weighted by molar-refractivity contribution is 0.105. The van der Waals surface area contributed by atoms with E-state index in [0.717, 1.165) is 12.0 Å². The fraction of sp³-hybridized carbons (Fsp3) is 0.429. The molecule has 0 saturated heterocycles. The van der Waals surface area contributed by atoms with E-state index in [1.54, 1.807) is 7.11 Å². The van der Waals surface area contributed by atoms with E-state index in [2.05, 4.69) is 10.1 Å². The molecule has 0 amide bonds. The molecule has 0 saturated carbocycles. The number of benzene rings is 1. The van der Waals surface area contributed by atoms with Crippen LogP contribution in [0.3, 0.4) is 0 Å². The summed E-state index contributed by atoms with van der Waals surface area (Å²) < 4.78 is 10.7. The molecule has 1 heterocycles. The van der Waals surface area contributed by atoms with Crippen LogP contribution in [-0.4, -0.2) is 17.3 Å². The first-order valence-corrected chi connectivity index (χ1v) is 6.29. The molecule has 2 rings (SSSR count). The van der Waals surface area contributed by atoms with Gasteiger partial charge in [-0.05, 0) is 18.9 Å². The van der Waals surface area contributed by atoms with Gasteiger partial charge in [0.05, 0.1) is 5.54 Å². The molecular formula is C14H19N3O2. The molecule has 0 aliphatic heterocycles. The first-order chi connectivity index (χ1) is 9.08. The maximum atomic E-state index is 6.11. The van der Waals surface area contributed by atoms with Gasteiger partial charge in [-0.3, -0.25) is 0 Å². The highest BCUT2D eigenvalue weighted by Gasteiger charge is 2.28. The van der Waals surface area contributed by atoms with Crippen LogP contribution in [0.2, 0.25) is 0 Å². The van der Waals surface area contributed by atoms with Gasteiger partial charge in [-0.15, -0.1) is 0 Å². The molecule has 5 heteroatoms. The quantitative estimate of drug-likeness (QED) is 0.894. The van der Waals surface area contributed by atoms with Crippen molar-refractivity contribution in [1.82, 2.24) is 10.1 Å². The number of ether oxygens (including phenoxy) is 1. The van der Waals surface area contributed by atoms with Gasteiger partial charge in [-0.25, -0.2) is 0 Å². The summed E-state index contributed by atoms with van der Waals surface area (Å²) in [4.78, 5) is 4.37. The first kappa shape index (κ1) is 13.7. The van der Waals surface area contributed by atoms with E-state index in [1.165, 1.54) is 0 Å². The highest BCUT2D eigenvalue weighted by molar-refractivity contribution is 5.22. The maximum Gasteiger partial charge on any atom is 0.260 e. The highest BCUT2D eigenvalue weighted by atomic mass is 16.5. The summed E-state index contributed by atoms with van der Waals surface area (Å²) in [7, 11) is 1.61. The van der Waals surface area contributed by atoms with E-state index in [4.69, 9.17) is 15.0 Å². The number of methoxy groups -OCH3 is 1. The lowest BCUT2D eigenvalue weighted by Gasteiger charge is -2.17. The van der Waals surface area contributed by atoms with Gasteiger partial charge in [0, 0.05) is 7.11 Å². The zero-order valence-corrected chi connectivity index (χ0v) is 11.5. The third kappa shape index (κ3) is 2.83. The van der Waals surface area contributed by atoms with Crippen LogP contribution >= 0.6 is 0 Å². The maximum absolute atomic E-state index is 6.11. The standard InChI is InChI=1S/C14H19N3O2/c1-4-14(2,15)13-16-12(19-17-13)11(18-3)10-8-6-5-7-9-10/h5-9,11H,4,15H2,1-3H3. The third-order valence-electron chi connectivity index (χ3n) is 3.25. The van der Waals surface area contributed by atoms with Crippen molar-refractivity contribution in [3.05, 3.63) is 47.6 Å². The van der Waals surface area contributed by atoms with Gasteiger partial charge in [0.1, 0.15) is 0 Å². The minimum absolute atomic E-state index is 0.366. The van der Waals surface area contributed by atoms with E-state index >= 15 is 0 Å². The Kier molecular flexibility index (Phi) is 3.97. The second kappa shape index (κ2) is 5.50. The third-order valence-corrected chi connectivity index (χ3v) is 3.25. The number of aromatic nitrogens is 2. The Labute approximate surface area is 112 Å². The Balaban J connectivity index is 2.31. The molecule has 102 valence electrons. The van der Waals surface area contributed by atoms with Crippen LogP contribution in [0.25, 0.3) is 0 Å². The van der Waals surface area contributed by atoms with Crippen LogP contribution in [-0.2, 0) is 10.3 Å². The normalized spacial score (nSPS) is 16.0. The summed E-state index contributed by atoms with van der Waals surface area (Å²) in [5.41, 5.74) is 6.49. The molecule has 0 radical (unpaired) electrons. The molecule has 5 nitrogen and oxygen atoms in total. The van der Waals surface area contributed by atoms with Gasteiger partial charge < -0.3 is 15.0 Å². The van der Waals surface area contributed by atoms with Gasteiger partial charge in [0.2, 0.25) is 0 Å². The molecule has 0 bridgehead atoms. The van der Waals surface area contributed by atoms with Crippen LogP contribution in [0.4, 0.5) is 0 Å². The van der Waals surface area contributed by atoms with Crippen LogP contribution in [0.15, 0.2) is 34.9 Å². The molecule has 1 aromatic carbocycles. The average Bonchev–Trinajstić information content (AvgIpc) is 2.91. The van der Waals surface area contributed by atoms with Crippen LogP contribution in [0.1, 0.15) is 43.7 Å². The summed E-state index contributed by atoms with van der Waals surface area (Å²) in [5, 5.41) is 3.96. The number of hydrogen-bond donors (Lipinski definition) is 1. The van der Waals surface area contributed by atoms with Crippen molar-refractivity contribution in [1.29, 1.82) is 0 Å². The van der Waals surface area contributed by atoms with E-state index < -0.39 is 5.54 Å². The van der Waals surface area contributed by atoms with E-state index in [1.807, 2.05) is 44.2 Å². The van der Waals surface area contributed by atoms with Crippen molar-refractivity contribution in [3.8, 4) is 0 Å². The molecule has 2 atom stereocenters. The minimum atomic E-state index is -0.587. The predicted octanol–water partition coefficient (Wildman–Crippen LogP) is 2.39. The van der Waals surface area contributed by atoms with Crippen LogP contribution in [0.5, 0.6) is 0 Å². The first-order valence-electron chi connectivity index (χ1n) is 6.29. The number of rotatable bonds is 5. The minimum Gasteiger partial charge on any atom is -0.367 e. The van der Waals surface area contributed by atoms with Gasteiger partial charge in [0.25, 0.3) is 5.89 Å². The molecule has 0 fully saturated rings. The van der Waals surface area contributed by atoms with Crippen molar-refractivity contribution in [2.24, 2.45) is 5.73 Å². The molecule has 0 aliphatic carbocycles. The Bertz CT molecular complexity index is 522. The second-order valence-electron chi connectivity index (χ2n) is 4.75. The van der Waals surface area contributed by atoms with Crippen molar-refractivity contribution in [2.45, 2.75) is 31.9 Å². The zero-order chi connectivity index (χ0) is 13.9. The lowest BCUT2D eigenvalue weighted by atomic mass is 10.00. The zero-order valence-electron chi connectivity index (χ0n) is 11.5. The van der Waals surface area contributed by atoms with Gasteiger partial charge in [-0.1, -0.05) is 42.4 Å². The van der Waals surface area contributed by atoms with Crippen molar-refractivity contribution in [3.63, 3.8) is 0 Å². The Morgan fingerprint density at radius 2 is 2.05 bits per heavy atom. The predicted molar refractivity (Wildman–Crippen MR) is 71.4 cm³/mol. The summed E-state index contributed by atoms with van der Waals surface area (Å²) in [6.07, 6.45) is 0.365. The van der Waals surface area contributed by atoms with Gasteiger partial charge in [-0.2, -0.15) is 4.98 Å². The molecular weight excluding hydrogens is 242 g/mol.